The molecule has 2 aliphatic rings. The monoisotopic (exact) mass is 388 g/mol. The molecule has 4 rings (SSSR count). The molecule has 0 atom stereocenters. The number of aryl methyl sites for hydroxylation is 2. The van der Waals surface area contributed by atoms with Gasteiger partial charge in [0.05, 0.1) is 18.1 Å². The van der Waals surface area contributed by atoms with Gasteiger partial charge in [0.2, 0.25) is 5.82 Å². The van der Waals surface area contributed by atoms with Gasteiger partial charge in [0.15, 0.2) is 0 Å². The maximum absolute atomic E-state index is 11.5. The van der Waals surface area contributed by atoms with Crippen molar-refractivity contribution in [3.63, 3.8) is 0 Å². The van der Waals surface area contributed by atoms with Crippen LogP contribution in [-0.2, 0) is 11.8 Å². The zero-order chi connectivity index (χ0) is 19.7. The Bertz CT molecular complexity index is 856. The Morgan fingerprint density at radius 2 is 1.57 bits per heavy atom. The molecule has 11 heteroatoms. The molecule has 2 aromatic heterocycles. The lowest BCUT2D eigenvalue weighted by Crippen LogP contribution is -2.47. The molecule has 2 saturated heterocycles. The first-order chi connectivity index (χ1) is 13.5. The molecule has 28 heavy (non-hydrogen) atoms. The minimum absolute atomic E-state index is 0.0904. The third kappa shape index (κ3) is 3.44. The van der Waals surface area contributed by atoms with Crippen molar-refractivity contribution in [3.05, 3.63) is 28.2 Å². The summed E-state index contributed by atoms with van der Waals surface area (Å²) in [5.74, 6) is 2.36. The second-order valence-electron chi connectivity index (χ2n) is 6.95. The third-order valence-corrected chi connectivity index (χ3v) is 5.22. The fourth-order valence-electron chi connectivity index (χ4n) is 3.83. The molecular formula is C17H24N8O3. The summed E-state index contributed by atoms with van der Waals surface area (Å²) >= 11 is 0. The van der Waals surface area contributed by atoms with Gasteiger partial charge in [-0.15, -0.1) is 0 Å². The Balaban J connectivity index is 1.47. The number of rotatable bonds is 4. The fraction of sp³-hybridized carbons (Fsp3) is 0.588. The summed E-state index contributed by atoms with van der Waals surface area (Å²) in [4.78, 5) is 26.4. The van der Waals surface area contributed by atoms with Gasteiger partial charge in [-0.05, 0) is 6.92 Å². The van der Waals surface area contributed by atoms with E-state index in [2.05, 4.69) is 24.9 Å². The van der Waals surface area contributed by atoms with Crippen LogP contribution in [0.2, 0.25) is 0 Å². The van der Waals surface area contributed by atoms with E-state index in [4.69, 9.17) is 4.74 Å². The fourth-order valence-corrected chi connectivity index (χ4v) is 3.83. The van der Waals surface area contributed by atoms with Gasteiger partial charge in [-0.3, -0.25) is 10.1 Å². The molecule has 0 N–H and O–H groups in total. The summed E-state index contributed by atoms with van der Waals surface area (Å²) in [5, 5.41) is 15.7. The van der Waals surface area contributed by atoms with Crippen molar-refractivity contribution in [1.29, 1.82) is 0 Å². The molecule has 0 spiro atoms. The molecule has 0 bridgehead atoms. The molecule has 2 fully saturated rings. The molecule has 0 unspecified atom stereocenters. The predicted molar refractivity (Wildman–Crippen MR) is 104 cm³/mol. The highest BCUT2D eigenvalue weighted by Gasteiger charge is 2.30. The Hall–Kier alpha value is -2.95. The third-order valence-electron chi connectivity index (χ3n) is 5.22. The number of morpholine rings is 1. The second kappa shape index (κ2) is 7.58. The minimum atomic E-state index is -0.344. The zero-order valence-corrected chi connectivity index (χ0v) is 16.1. The van der Waals surface area contributed by atoms with Gasteiger partial charge in [0.25, 0.3) is 0 Å². The number of hydrogen-bond acceptors (Lipinski definition) is 9. The summed E-state index contributed by atoms with van der Waals surface area (Å²) in [7, 11) is 1.75. The van der Waals surface area contributed by atoms with Crippen LogP contribution in [0.25, 0.3) is 0 Å². The van der Waals surface area contributed by atoms with Crippen LogP contribution in [0.4, 0.5) is 23.1 Å². The molecular weight excluding hydrogens is 364 g/mol. The van der Waals surface area contributed by atoms with Crippen LogP contribution in [-0.4, -0.2) is 77.2 Å². The van der Waals surface area contributed by atoms with E-state index in [9.17, 15) is 10.1 Å². The number of anilines is 3. The van der Waals surface area contributed by atoms with Crippen molar-refractivity contribution >= 4 is 23.1 Å². The van der Waals surface area contributed by atoms with Crippen LogP contribution in [0.1, 0.15) is 5.69 Å². The minimum Gasteiger partial charge on any atom is -0.378 e. The maximum Gasteiger partial charge on any atom is 0.333 e. The van der Waals surface area contributed by atoms with E-state index in [1.54, 1.807) is 25.0 Å². The molecule has 0 saturated carbocycles. The van der Waals surface area contributed by atoms with Crippen LogP contribution in [0.5, 0.6) is 0 Å². The highest BCUT2D eigenvalue weighted by molar-refractivity contribution is 5.62. The Kier molecular flexibility index (Phi) is 4.99. The number of aromatic nitrogens is 4. The van der Waals surface area contributed by atoms with Crippen LogP contribution in [0.3, 0.4) is 0 Å². The van der Waals surface area contributed by atoms with Gasteiger partial charge in [-0.1, -0.05) is 0 Å². The summed E-state index contributed by atoms with van der Waals surface area (Å²) in [6.45, 7) is 7.52. The smallest absolute Gasteiger partial charge is 0.333 e. The SMILES string of the molecule is Cc1nn(C)c(N2CCN(c3cc(N4CCOCC4)ncn3)CC2)c1[N+](=O)[O-]. The van der Waals surface area contributed by atoms with Gasteiger partial charge in [-0.2, -0.15) is 5.10 Å². The summed E-state index contributed by atoms with van der Waals surface area (Å²) in [6.07, 6.45) is 1.60. The maximum atomic E-state index is 11.5. The number of nitrogens with zero attached hydrogens (tertiary/aromatic N) is 8. The van der Waals surface area contributed by atoms with Crippen LogP contribution < -0.4 is 14.7 Å². The highest BCUT2D eigenvalue weighted by atomic mass is 16.6. The van der Waals surface area contributed by atoms with Crippen molar-refractivity contribution in [2.45, 2.75) is 6.92 Å². The number of hydrogen-bond donors (Lipinski definition) is 0. The average molecular weight is 388 g/mol. The summed E-state index contributed by atoms with van der Waals surface area (Å²) in [5.41, 5.74) is 0.531. The molecule has 0 amide bonds. The van der Waals surface area contributed by atoms with E-state index in [1.807, 2.05) is 11.0 Å². The molecule has 0 radical (unpaired) electrons. The Morgan fingerprint density at radius 1 is 1.00 bits per heavy atom. The molecule has 4 heterocycles. The van der Waals surface area contributed by atoms with Crippen molar-refractivity contribution in [1.82, 2.24) is 19.7 Å². The Morgan fingerprint density at radius 3 is 2.18 bits per heavy atom. The van der Waals surface area contributed by atoms with Gasteiger partial charge in [0.1, 0.15) is 23.7 Å². The summed E-state index contributed by atoms with van der Waals surface area (Å²) in [6, 6.07) is 2.01. The Labute approximate surface area is 162 Å². The van der Waals surface area contributed by atoms with Gasteiger partial charge in [0, 0.05) is 52.4 Å². The largest absolute Gasteiger partial charge is 0.378 e. The molecule has 2 aromatic rings. The lowest BCUT2D eigenvalue weighted by molar-refractivity contribution is -0.384. The number of piperazine rings is 1. The first-order valence-corrected chi connectivity index (χ1v) is 9.37. The van der Waals surface area contributed by atoms with E-state index in [-0.39, 0.29) is 10.6 Å². The predicted octanol–water partition coefficient (Wildman–Crippen LogP) is 0.590. The molecule has 2 aliphatic heterocycles. The molecule has 0 aromatic carbocycles. The number of ether oxygens (including phenoxy) is 1. The normalized spacial score (nSPS) is 17.9. The standard InChI is InChI=1S/C17H24N8O3/c1-13-16(25(26)27)17(21(2)20-13)24-5-3-22(4-6-24)14-11-15(19-12-18-14)23-7-9-28-10-8-23/h11-12H,3-10H2,1-2H3. The van der Waals surface area contributed by atoms with E-state index < -0.39 is 0 Å². The van der Waals surface area contributed by atoms with E-state index in [0.29, 0.717) is 37.8 Å². The average Bonchev–Trinajstić information content (AvgIpc) is 3.03. The zero-order valence-electron chi connectivity index (χ0n) is 16.1. The van der Waals surface area contributed by atoms with Gasteiger partial charge >= 0.3 is 5.69 Å². The lowest BCUT2D eigenvalue weighted by atomic mass is 10.2. The topological polar surface area (TPSA) is 106 Å². The first kappa shape index (κ1) is 18.4. The van der Waals surface area contributed by atoms with Crippen LogP contribution >= 0.6 is 0 Å². The quantitative estimate of drug-likeness (QED) is 0.549. The molecule has 150 valence electrons. The van der Waals surface area contributed by atoms with E-state index >= 15 is 0 Å². The van der Waals surface area contributed by atoms with Crippen molar-refractivity contribution < 1.29 is 9.66 Å². The molecule has 11 nitrogen and oxygen atoms in total. The van der Waals surface area contributed by atoms with Crippen molar-refractivity contribution in [2.24, 2.45) is 7.05 Å². The van der Waals surface area contributed by atoms with E-state index in [0.717, 1.165) is 37.8 Å². The number of nitro groups is 1. The van der Waals surface area contributed by atoms with Crippen LogP contribution in [0.15, 0.2) is 12.4 Å². The van der Waals surface area contributed by atoms with Crippen molar-refractivity contribution in [2.75, 3.05) is 67.2 Å². The van der Waals surface area contributed by atoms with Crippen LogP contribution in [0, 0.1) is 17.0 Å². The van der Waals surface area contributed by atoms with Gasteiger partial charge in [-0.25, -0.2) is 14.6 Å². The van der Waals surface area contributed by atoms with Gasteiger partial charge < -0.3 is 19.4 Å². The second-order valence-corrected chi connectivity index (χ2v) is 6.95. The first-order valence-electron chi connectivity index (χ1n) is 9.37. The van der Waals surface area contributed by atoms with Crippen molar-refractivity contribution in [3.8, 4) is 0 Å². The van der Waals surface area contributed by atoms with E-state index in [1.165, 1.54) is 0 Å². The molecule has 0 aliphatic carbocycles. The lowest BCUT2D eigenvalue weighted by Gasteiger charge is -2.36. The summed E-state index contributed by atoms with van der Waals surface area (Å²) < 4.78 is 7.00. The highest BCUT2D eigenvalue weighted by Crippen LogP contribution is 2.32.